The van der Waals surface area contributed by atoms with Crippen LogP contribution in [0.5, 0.6) is 0 Å². The molecule has 0 aliphatic rings. The molecule has 0 heterocycles. The molecular weight excluding hydrogens is 241 g/mol. The number of alkyl halides is 3. The Morgan fingerprint density at radius 2 is 2.00 bits per heavy atom. The van der Waals surface area contributed by atoms with E-state index in [0.29, 0.717) is 0 Å². The molecule has 0 bridgehead atoms. The van der Waals surface area contributed by atoms with E-state index in [-0.39, 0.29) is 10.6 Å². The van der Waals surface area contributed by atoms with E-state index in [1.165, 1.54) is 6.07 Å². The molecule has 16 heavy (non-hydrogen) atoms. The average Bonchev–Trinajstić information content (AvgIpc) is 2.13. The summed E-state index contributed by atoms with van der Waals surface area (Å²) < 4.78 is 35.7. The summed E-state index contributed by atoms with van der Waals surface area (Å²) in [6.07, 6.45) is -5.99. The summed E-state index contributed by atoms with van der Waals surface area (Å²) in [5.41, 5.74) is 1.01. The van der Waals surface area contributed by atoms with Crippen LogP contribution in [0.2, 0.25) is 5.02 Å². The molecule has 0 atom stereocenters. The molecular formula is C11H10ClF3O. The summed E-state index contributed by atoms with van der Waals surface area (Å²) in [6.45, 7) is 1.79. The fraction of sp³-hybridized carbons (Fsp3) is 0.364. The van der Waals surface area contributed by atoms with Crippen molar-refractivity contribution in [3.63, 3.8) is 0 Å². The number of carbonyl (C=O) groups is 1. The molecule has 88 valence electrons. The Kier molecular flexibility index (Phi) is 3.97. The first-order valence-corrected chi connectivity index (χ1v) is 5.03. The smallest absolute Gasteiger partial charge is 0.294 e. The highest BCUT2D eigenvalue weighted by Gasteiger charge is 2.28. The highest BCUT2D eigenvalue weighted by molar-refractivity contribution is 6.34. The number of aryl methyl sites for hydroxylation is 1. The number of hydrogen-bond acceptors (Lipinski definition) is 1. The van der Waals surface area contributed by atoms with Crippen molar-refractivity contribution in [2.45, 2.75) is 25.9 Å². The summed E-state index contributed by atoms with van der Waals surface area (Å²) in [5, 5.41) is 0.201. The van der Waals surface area contributed by atoms with Crippen molar-refractivity contribution in [1.29, 1.82) is 0 Å². The van der Waals surface area contributed by atoms with Gasteiger partial charge in [-0.25, -0.2) is 0 Å². The van der Waals surface area contributed by atoms with Crippen LogP contribution in [0.25, 0.3) is 0 Å². The number of ketones is 1. The second-order valence-corrected chi connectivity index (χ2v) is 3.93. The molecule has 0 aromatic heterocycles. The zero-order valence-corrected chi connectivity index (χ0v) is 9.32. The lowest BCUT2D eigenvalue weighted by Gasteiger charge is -2.07. The number of Topliss-reactive ketones (excluding diaryl/α,β-unsaturated/α-hetero) is 1. The zero-order chi connectivity index (χ0) is 12.3. The van der Waals surface area contributed by atoms with Gasteiger partial charge in [0.1, 0.15) is 0 Å². The minimum Gasteiger partial charge on any atom is -0.294 e. The second-order valence-electron chi connectivity index (χ2n) is 3.52. The van der Waals surface area contributed by atoms with E-state index in [4.69, 9.17) is 11.6 Å². The fourth-order valence-electron chi connectivity index (χ4n) is 1.24. The lowest BCUT2D eigenvalue weighted by molar-refractivity contribution is -0.133. The van der Waals surface area contributed by atoms with Gasteiger partial charge in [-0.2, -0.15) is 13.2 Å². The van der Waals surface area contributed by atoms with Gasteiger partial charge < -0.3 is 0 Å². The van der Waals surface area contributed by atoms with Gasteiger partial charge in [0.15, 0.2) is 5.78 Å². The van der Waals surface area contributed by atoms with E-state index < -0.39 is 24.8 Å². The maximum atomic E-state index is 11.9. The van der Waals surface area contributed by atoms with E-state index in [1.54, 1.807) is 19.1 Å². The zero-order valence-electron chi connectivity index (χ0n) is 8.57. The number of halogens is 4. The first kappa shape index (κ1) is 13.0. The Hall–Kier alpha value is -1.03. The van der Waals surface area contributed by atoms with Gasteiger partial charge in [-0.3, -0.25) is 4.79 Å². The SMILES string of the molecule is Cc1ccc(C(=O)CCC(F)(F)F)c(Cl)c1. The topological polar surface area (TPSA) is 17.1 Å². The van der Waals surface area contributed by atoms with Crippen LogP contribution < -0.4 is 0 Å². The summed E-state index contributed by atoms with van der Waals surface area (Å²) in [5.74, 6) is -0.581. The first-order chi connectivity index (χ1) is 7.29. The van der Waals surface area contributed by atoms with Crippen molar-refractivity contribution in [1.82, 2.24) is 0 Å². The van der Waals surface area contributed by atoms with Gasteiger partial charge in [0.2, 0.25) is 0 Å². The van der Waals surface area contributed by atoms with Gasteiger partial charge in [-0.15, -0.1) is 0 Å². The molecule has 0 aliphatic heterocycles. The molecule has 0 amide bonds. The van der Waals surface area contributed by atoms with E-state index in [9.17, 15) is 18.0 Å². The molecule has 1 aromatic rings. The monoisotopic (exact) mass is 250 g/mol. The van der Waals surface area contributed by atoms with Crippen LogP contribution in [0.1, 0.15) is 28.8 Å². The third-order valence-corrected chi connectivity index (χ3v) is 2.37. The molecule has 1 rings (SSSR count). The molecule has 0 spiro atoms. The summed E-state index contributed by atoms with van der Waals surface area (Å²) >= 11 is 5.77. The van der Waals surface area contributed by atoms with Crippen LogP contribution in [0, 0.1) is 6.92 Å². The molecule has 0 aliphatic carbocycles. The molecule has 0 N–H and O–H groups in total. The summed E-state index contributed by atoms with van der Waals surface area (Å²) in [6, 6.07) is 4.66. The Morgan fingerprint density at radius 3 is 2.50 bits per heavy atom. The lowest BCUT2D eigenvalue weighted by Crippen LogP contribution is -2.11. The van der Waals surface area contributed by atoms with E-state index >= 15 is 0 Å². The lowest BCUT2D eigenvalue weighted by atomic mass is 10.0. The Labute approximate surface area is 96.2 Å². The third-order valence-electron chi connectivity index (χ3n) is 2.06. The van der Waals surface area contributed by atoms with Crippen molar-refractivity contribution >= 4 is 17.4 Å². The summed E-state index contributed by atoms with van der Waals surface area (Å²) in [7, 11) is 0. The quantitative estimate of drug-likeness (QED) is 0.736. The van der Waals surface area contributed by atoms with Gasteiger partial charge in [-0.05, 0) is 24.6 Å². The van der Waals surface area contributed by atoms with Gasteiger partial charge in [0.25, 0.3) is 0 Å². The molecule has 0 saturated carbocycles. The van der Waals surface area contributed by atoms with Crippen molar-refractivity contribution in [3.05, 3.63) is 34.3 Å². The van der Waals surface area contributed by atoms with Crippen LogP contribution in [0.3, 0.4) is 0 Å². The standard InChI is InChI=1S/C11H10ClF3O/c1-7-2-3-8(9(12)6-7)10(16)4-5-11(13,14)15/h2-3,6H,4-5H2,1H3. The molecule has 5 heteroatoms. The van der Waals surface area contributed by atoms with Crippen LogP contribution in [0.4, 0.5) is 13.2 Å². The molecule has 1 aromatic carbocycles. The highest BCUT2D eigenvalue weighted by atomic mass is 35.5. The normalized spacial score (nSPS) is 11.6. The predicted octanol–water partition coefficient (Wildman–Crippen LogP) is 4.17. The van der Waals surface area contributed by atoms with E-state index in [2.05, 4.69) is 0 Å². The van der Waals surface area contributed by atoms with Gasteiger partial charge in [0.05, 0.1) is 11.4 Å². The number of rotatable bonds is 3. The van der Waals surface area contributed by atoms with Crippen LogP contribution in [-0.4, -0.2) is 12.0 Å². The van der Waals surface area contributed by atoms with E-state index in [1.807, 2.05) is 0 Å². The Balaban J connectivity index is 2.74. The Bertz CT molecular complexity index is 399. The first-order valence-electron chi connectivity index (χ1n) is 4.66. The number of hydrogen-bond donors (Lipinski definition) is 0. The van der Waals surface area contributed by atoms with Crippen LogP contribution in [-0.2, 0) is 0 Å². The molecule has 1 nitrogen and oxygen atoms in total. The van der Waals surface area contributed by atoms with Crippen molar-refractivity contribution in [2.24, 2.45) is 0 Å². The van der Waals surface area contributed by atoms with Crippen molar-refractivity contribution in [3.8, 4) is 0 Å². The molecule has 0 saturated heterocycles. The van der Waals surface area contributed by atoms with Crippen LogP contribution >= 0.6 is 11.6 Å². The minimum absolute atomic E-state index is 0.150. The maximum absolute atomic E-state index is 11.9. The third kappa shape index (κ3) is 3.85. The number of benzene rings is 1. The molecule has 0 fully saturated rings. The molecule has 0 radical (unpaired) electrons. The van der Waals surface area contributed by atoms with Crippen molar-refractivity contribution < 1.29 is 18.0 Å². The fourth-order valence-corrected chi connectivity index (χ4v) is 1.58. The summed E-state index contributed by atoms with van der Waals surface area (Å²) in [4.78, 5) is 11.4. The van der Waals surface area contributed by atoms with Gasteiger partial charge in [0, 0.05) is 12.0 Å². The van der Waals surface area contributed by atoms with Crippen molar-refractivity contribution in [2.75, 3.05) is 0 Å². The van der Waals surface area contributed by atoms with E-state index in [0.717, 1.165) is 5.56 Å². The highest BCUT2D eigenvalue weighted by Crippen LogP contribution is 2.25. The second kappa shape index (κ2) is 4.87. The minimum atomic E-state index is -4.31. The molecule has 0 unspecified atom stereocenters. The average molecular weight is 251 g/mol. The Morgan fingerprint density at radius 1 is 1.38 bits per heavy atom. The maximum Gasteiger partial charge on any atom is 0.389 e. The predicted molar refractivity (Wildman–Crippen MR) is 55.8 cm³/mol. The van der Waals surface area contributed by atoms with Gasteiger partial charge in [-0.1, -0.05) is 17.7 Å². The number of carbonyl (C=O) groups excluding carboxylic acids is 1. The largest absolute Gasteiger partial charge is 0.389 e. The van der Waals surface area contributed by atoms with Crippen LogP contribution in [0.15, 0.2) is 18.2 Å². The van der Waals surface area contributed by atoms with Gasteiger partial charge >= 0.3 is 6.18 Å².